The fourth-order valence-corrected chi connectivity index (χ4v) is 4.89. The number of hydrogen-bond donors (Lipinski definition) is 2. The SMILES string of the molecule is O=C(Nc1ccc(S(=O)(=O)N2CCOCC2)cc1)c1cc(-c2ccc3c(c2)OCO3)n[nH]1. The Morgan fingerprint density at radius 3 is 2.53 bits per heavy atom. The zero-order valence-electron chi connectivity index (χ0n) is 16.9. The summed E-state index contributed by atoms with van der Waals surface area (Å²) in [6.07, 6.45) is 0. The van der Waals surface area contributed by atoms with Gasteiger partial charge in [-0.3, -0.25) is 9.89 Å². The number of H-pyrrole nitrogens is 1. The van der Waals surface area contributed by atoms with Crippen molar-refractivity contribution in [1.82, 2.24) is 14.5 Å². The molecule has 0 bridgehead atoms. The van der Waals surface area contributed by atoms with Crippen LogP contribution in [0.2, 0.25) is 0 Å². The van der Waals surface area contributed by atoms with Crippen LogP contribution in [0.15, 0.2) is 53.4 Å². The zero-order valence-corrected chi connectivity index (χ0v) is 17.7. The summed E-state index contributed by atoms with van der Waals surface area (Å²) in [6.45, 7) is 1.59. The quantitative estimate of drug-likeness (QED) is 0.603. The van der Waals surface area contributed by atoms with Crippen LogP contribution in [-0.4, -0.2) is 61.9 Å². The van der Waals surface area contributed by atoms with Crippen LogP contribution in [0, 0.1) is 0 Å². The lowest BCUT2D eigenvalue weighted by Gasteiger charge is -2.26. The first-order valence-electron chi connectivity index (χ1n) is 9.95. The van der Waals surface area contributed by atoms with Crippen LogP contribution < -0.4 is 14.8 Å². The minimum absolute atomic E-state index is 0.170. The van der Waals surface area contributed by atoms with Gasteiger partial charge in [0.2, 0.25) is 16.8 Å². The maximum Gasteiger partial charge on any atom is 0.273 e. The van der Waals surface area contributed by atoms with E-state index >= 15 is 0 Å². The molecule has 1 aromatic heterocycles. The fraction of sp³-hybridized carbons (Fsp3) is 0.238. The summed E-state index contributed by atoms with van der Waals surface area (Å²) in [6, 6.07) is 13.1. The van der Waals surface area contributed by atoms with Crippen LogP contribution in [0.3, 0.4) is 0 Å². The van der Waals surface area contributed by atoms with Crippen molar-refractivity contribution in [2.45, 2.75) is 4.90 Å². The maximum absolute atomic E-state index is 12.7. The van der Waals surface area contributed by atoms with Crippen molar-refractivity contribution in [3.05, 3.63) is 54.2 Å². The van der Waals surface area contributed by atoms with Crippen LogP contribution in [-0.2, 0) is 14.8 Å². The summed E-state index contributed by atoms with van der Waals surface area (Å²) < 4.78 is 42.7. The molecule has 0 aliphatic carbocycles. The van der Waals surface area contributed by atoms with Crippen molar-refractivity contribution >= 4 is 21.6 Å². The minimum Gasteiger partial charge on any atom is -0.454 e. The van der Waals surface area contributed by atoms with E-state index in [2.05, 4.69) is 15.5 Å². The van der Waals surface area contributed by atoms with E-state index < -0.39 is 15.9 Å². The van der Waals surface area contributed by atoms with E-state index in [4.69, 9.17) is 14.2 Å². The van der Waals surface area contributed by atoms with E-state index in [1.54, 1.807) is 30.3 Å². The standard InChI is InChI=1S/C21H20N4O6S/c26-21(18-12-17(23-24-18)14-1-6-19-20(11-14)31-13-30-19)22-15-2-4-16(5-3-15)32(27,28)25-7-9-29-10-8-25/h1-6,11-12H,7-10,13H2,(H,22,26)(H,23,24). The van der Waals surface area contributed by atoms with E-state index in [1.807, 2.05) is 6.07 Å². The highest BCUT2D eigenvalue weighted by Crippen LogP contribution is 2.35. The summed E-state index contributed by atoms with van der Waals surface area (Å²) >= 11 is 0. The molecule has 0 unspecified atom stereocenters. The van der Waals surface area contributed by atoms with Gasteiger partial charge in [0.15, 0.2) is 11.5 Å². The number of morpholine rings is 1. The first-order chi connectivity index (χ1) is 15.5. The second-order valence-corrected chi connectivity index (χ2v) is 9.17. The summed E-state index contributed by atoms with van der Waals surface area (Å²) in [5.41, 5.74) is 2.10. The number of carbonyl (C=O) groups is 1. The number of aromatic nitrogens is 2. The third kappa shape index (κ3) is 3.93. The Balaban J connectivity index is 1.27. The van der Waals surface area contributed by atoms with E-state index in [9.17, 15) is 13.2 Å². The lowest BCUT2D eigenvalue weighted by atomic mass is 10.1. The third-order valence-corrected chi connectivity index (χ3v) is 7.12. The monoisotopic (exact) mass is 456 g/mol. The number of anilines is 1. The number of hydrogen-bond acceptors (Lipinski definition) is 7. The molecule has 3 aromatic rings. The van der Waals surface area contributed by atoms with Crippen molar-refractivity contribution in [3.8, 4) is 22.8 Å². The summed E-state index contributed by atoms with van der Waals surface area (Å²) in [7, 11) is -3.59. The zero-order chi connectivity index (χ0) is 22.1. The number of nitrogens with zero attached hydrogens (tertiary/aromatic N) is 2. The number of aromatic amines is 1. The number of amides is 1. The van der Waals surface area contributed by atoms with Gasteiger partial charge in [-0.25, -0.2) is 8.42 Å². The van der Waals surface area contributed by atoms with Crippen molar-refractivity contribution in [2.24, 2.45) is 0 Å². The van der Waals surface area contributed by atoms with Crippen LogP contribution in [0.5, 0.6) is 11.5 Å². The number of rotatable bonds is 5. The van der Waals surface area contributed by atoms with Gasteiger partial charge in [0.25, 0.3) is 5.91 Å². The highest BCUT2D eigenvalue weighted by atomic mass is 32.2. The van der Waals surface area contributed by atoms with Crippen LogP contribution in [0.25, 0.3) is 11.3 Å². The molecule has 1 amide bonds. The molecular formula is C21H20N4O6S. The topological polar surface area (TPSA) is 123 Å². The van der Waals surface area contributed by atoms with Gasteiger partial charge in [-0.2, -0.15) is 9.40 Å². The molecule has 166 valence electrons. The Kier molecular flexibility index (Phi) is 5.29. The van der Waals surface area contributed by atoms with Gasteiger partial charge in [-0.15, -0.1) is 0 Å². The maximum atomic E-state index is 12.7. The average Bonchev–Trinajstić information content (AvgIpc) is 3.49. The van der Waals surface area contributed by atoms with Gasteiger partial charge in [0, 0.05) is 24.3 Å². The number of ether oxygens (including phenoxy) is 3. The second kappa shape index (κ2) is 8.26. The number of sulfonamides is 1. The van der Waals surface area contributed by atoms with Gasteiger partial charge >= 0.3 is 0 Å². The van der Waals surface area contributed by atoms with Crippen LogP contribution >= 0.6 is 0 Å². The van der Waals surface area contributed by atoms with Crippen molar-refractivity contribution in [1.29, 1.82) is 0 Å². The normalized spacial score (nSPS) is 16.1. The first kappa shape index (κ1) is 20.5. The molecule has 0 radical (unpaired) electrons. The van der Waals surface area contributed by atoms with Crippen molar-refractivity contribution in [3.63, 3.8) is 0 Å². The molecule has 5 rings (SSSR count). The van der Waals surface area contributed by atoms with Crippen LogP contribution in [0.4, 0.5) is 5.69 Å². The van der Waals surface area contributed by atoms with Gasteiger partial charge in [0.1, 0.15) is 5.69 Å². The molecule has 1 saturated heterocycles. The largest absolute Gasteiger partial charge is 0.454 e. The number of carbonyl (C=O) groups excluding carboxylic acids is 1. The molecule has 0 atom stereocenters. The Hall–Kier alpha value is -3.41. The lowest BCUT2D eigenvalue weighted by molar-refractivity contribution is 0.0730. The van der Waals surface area contributed by atoms with Crippen molar-refractivity contribution < 1.29 is 27.4 Å². The molecule has 10 nitrogen and oxygen atoms in total. The molecular weight excluding hydrogens is 436 g/mol. The fourth-order valence-electron chi connectivity index (χ4n) is 3.49. The highest BCUT2D eigenvalue weighted by molar-refractivity contribution is 7.89. The van der Waals surface area contributed by atoms with E-state index in [0.29, 0.717) is 49.2 Å². The summed E-state index contributed by atoms with van der Waals surface area (Å²) in [5.74, 6) is 0.901. The summed E-state index contributed by atoms with van der Waals surface area (Å²) in [5, 5.41) is 9.66. The third-order valence-electron chi connectivity index (χ3n) is 5.21. The summed E-state index contributed by atoms with van der Waals surface area (Å²) in [4.78, 5) is 12.8. The molecule has 2 aromatic carbocycles. The van der Waals surface area contributed by atoms with E-state index in [-0.39, 0.29) is 17.4 Å². The van der Waals surface area contributed by atoms with E-state index in [1.165, 1.54) is 16.4 Å². The minimum atomic E-state index is -3.59. The Bertz CT molecular complexity index is 1250. The van der Waals surface area contributed by atoms with Gasteiger partial charge in [-0.1, -0.05) is 0 Å². The number of benzene rings is 2. The van der Waals surface area contributed by atoms with E-state index in [0.717, 1.165) is 5.56 Å². The number of fused-ring (bicyclic) bond motifs is 1. The second-order valence-electron chi connectivity index (χ2n) is 7.23. The van der Waals surface area contributed by atoms with Gasteiger partial charge < -0.3 is 19.5 Å². The first-order valence-corrected chi connectivity index (χ1v) is 11.4. The number of nitrogens with one attached hydrogen (secondary N) is 2. The van der Waals surface area contributed by atoms with Crippen LogP contribution in [0.1, 0.15) is 10.5 Å². The highest BCUT2D eigenvalue weighted by Gasteiger charge is 2.26. The molecule has 3 heterocycles. The molecule has 0 saturated carbocycles. The average molecular weight is 456 g/mol. The molecule has 0 spiro atoms. The molecule has 2 N–H and O–H groups in total. The molecule has 32 heavy (non-hydrogen) atoms. The molecule has 1 fully saturated rings. The lowest BCUT2D eigenvalue weighted by Crippen LogP contribution is -2.40. The molecule has 2 aliphatic heterocycles. The van der Waals surface area contributed by atoms with Crippen molar-refractivity contribution in [2.75, 3.05) is 38.4 Å². The predicted octanol–water partition coefficient (Wildman–Crippen LogP) is 2.08. The smallest absolute Gasteiger partial charge is 0.273 e. The Labute approximate surface area is 184 Å². The molecule has 11 heteroatoms. The molecule has 2 aliphatic rings. The Morgan fingerprint density at radius 1 is 1.00 bits per heavy atom. The van der Waals surface area contributed by atoms with Gasteiger partial charge in [-0.05, 0) is 48.5 Å². The predicted molar refractivity (Wildman–Crippen MR) is 114 cm³/mol. The Morgan fingerprint density at radius 2 is 1.75 bits per heavy atom. The van der Waals surface area contributed by atoms with Gasteiger partial charge in [0.05, 0.1) is 23.8 Å².